The lowest BCUT2D eigenvalue weighted by atomic mass is 10.2. The highest BCUT2D eigenvalue weighted by molar-refractivity contribution is 7.89. The summed E-state index contributed by atoms with van der Waals surface area (Å²) in [7, 11) is 1.05. The first-order valence-corrected chi connectivity index (χ1v) is 13.3. The number of para-hydroxylation sites is 1. The maximum atomic E-state index is 13.2. The second-order valence-electron chi connectivity index (χ2n) is 7.56. The summed E-state index contributed by atoms with van der Waals surface area (Å²) in [6, 6.07) is 19.8. The average molecular weight is 567 g/mol. The molecule has 36 heavy (non-hydrogen) atoms. The minimum Gasteiger partial charge on any atom is -0.497 e. The fraction of sp³-hybridized carbons (Fsp3) is 0.160. The van der Waals surface area contributed by atoms with Crippen LogP contribution >= 0.6 is 35.3 Å². The first kappa shape index (κ1) is 27.8. The van der Waals surface area contributed by atoms with Gasteiger partial charge in [0.25, 0.3) is 0 Å². The number of rotatable bonds is 8. The molecule has 0 bridgehead atoms. The van der Waals surface area contributed by atoms with E-state index in [1.807, 2.05) is 47.3 Å². The molecule has 0 amide bonds. The van der Waals surface area contributed by atoms with Gasteiger partial charge < -0.3 is 14.0 Å². The van der Waals surface area contributed by atoms with E-state index in [1.54, 1.807) is 43.5 Å². The van der Waals surface area contributed by atoms with Crippen LogP contribution in [0.1, 0.15) is 5.56 Å². The van der Waals surface area contributed by atoms with E-state index in [0.29, 0.717) is 22.6 Å². The van der Waals surface area contributed by atoms with Crippen molar-refractivity contribution in [3.63, 3.8) is 0 Å². The van der Waals surface area contributed by atoms with Gasteiger partial charge >= 0.3 is 0 Å². The number of benzene rings is 3. The molecule has 0 spiro atoms. The van der Waals surface area contributed by atoms with Crippen LogP contribution in [0.25, 0.3) is 11.3 Å². The SMILES string of the molecule is COc1ccc(CNS(=O)(=O)c2cc(-c3csc(=Nc4ccccc4)n3C)ccc2Cl)c(OC)c1.Cl. The van der Waals surface area contributed by atoms with Crippen molar-refractivity contribution in [2.75, 3.05) is 14.2 Å². The number of hydrogen-bond acceptors (Lipinski definition) is 6. The topological polar surface area (TPSA) is 81.9 Å². The van der Waals surface area contributed by atoms with Gasteiger partial charge in [0.2, 0.25) is 10.0 Å². The highest BCUT2D eigenvalue weighted by Crippen LogP contribution is 2.30. The molecule has 0 saturated carbocycles. The molecule has 4 aromatic rings. The first-order chi connectivity index (χ1) is 16.8. The van der Waals surface area contributed by atoms with E-state index >= 15 is 0 Å². The van der Waals surface area contributed by atoms with Crippen molar-refractivity contribution >= 4 is 51.1 Å². The van der Waals surface area contributed by atoms with Gasteiger partial charge in [-0.15, -0.1) is 23.7 Å². The molecule has 3 aromatic carbocycles. The second-order valence-corrected chi connectivity index (χ2v) is 10.5. The van der Waals surface area contributed by atoms with Crippen LogP contribution in [0.4, 0.5) is 5.69 Å². The fourth-order valence-corrected chi connectivity index (χ4v) is 5.92. The van der Waals surface area contributed by atoms with Crippen LogP contribution in [0.15, 0.2) is 82.0 Å². The minimum absolute atomic E-state index is 0. The molecule has 0 fully saturated rings. The van der Waals surface area contributed by atoms with E-state index in [1.165, 1.54) is 18.4 Å². The van der Waals surface area contributed by atoms with E-state index in [0.717, 1.165) is 16.2 Å². The van der Waals surface area contributed by atoms with Crippen molar-refractivity contribution in [3.8, 4) is 22.8 Å². The highest BCUT2D eigenvalue weighted by atomic mass is 35.5. The zero-order chi connectivity index (χ0) is 25.0. The number of sulfonamides is 1. The molecule has 1 heterocycles. The molecule has 4 rings (SSSR count). The third-order valence-corrected chi connectivity index (χ3v) is 8.17. The third-order valence-electron chi connectivity index (χ3n) is 5.37. The molecule has 190 valence electrons. The standard InChI is InChI=1S/C25H24ClN3O4S2.ClH/c1-29-22(16-34-25(29)28-19-7-5-4-6-8-19)17-10-12-21(26)24(13-17)35(30,31)27-15-18-9-11-20(32-2)14-23(18)33-3;/h4-14,16,27H,15H2,1-3H3;1H. The van der Waals surface area contributed by atoms with Gasteiger partial charge in [-0.2, -0.15) is 0 Å². The largest absolute Gasteiger partial charge is 0.497 e. The van der Waals surface area contributed by atoms with E-state index in [-0.39, 0.29) is 28.9 Å². The van der Waals surface area contributed by atoms with Gasteiger partial charge in [0.15, 0.2) is 4.80 Å². The van der Waals surface area contributed by atoms with Crippen molar-refractivity contribution in [1.29, 1.82) is 0 Å². The molecular formula is C25H25Cl2N3O4S2. The predicted octanol–water partition coefficient (Wildman–Crippen LogP) is 5.56. The Morgan fingerprint density at radius 1 is 1.03 bits per heavy atom. The van der Waals surface area contributed by atoms with Crippen LogP contribution < -0.4 is 19.0 Å². The van der Waals surface area contributed by atoms with Gasteiger partial charge in [-0.25, -0.2) is 18.1 Å². The Kier molecular flexibility index (Phi) is 9.21. The Bertz CT molecular complexity index is 1520. The quantitative estimate of drug-likeness (QED) is 0.303. The summed E-state index contributed by atoms with van der Waals surface area (Å²) in [4.78, 5) is 5.46. The van der Waals surface area contributed by atoms with Crippen LogP contribution in [0, 0.1) is 0 Å². The number of aromatic nitrogens is 1. The molecular weight excluding hydrogens is 541 g/mol. The Balaban J connectivity index is 0.00000361. The van der Waals surface area contributed by atoms with Gasteiger partial charge in [0.05, 0.1) is 30.6 Å². The van der Waals surface area contributed by atoms with Crippen LogP contribution in [-0.2, 0) is 23.6 Å². The van der Waals surface area contributed by atoms with Gasteiger partial charge in [-0.05, 0) is 30.3 Å². The number of thiazole rings is 1. The number of nitrogens with zero attached hydrogens (tertiary/aromatic N) is 2. The Hall–Kier alpha value is -2.82. The first-order valence-electron chi connectivity index (χ1n) is 10.6. The van der Waals surface area contributed by atoms with Crippen molar-refractivity contribution in [1.82, 2.24) is 9.29 Å². The van der Waals surface area contributed by atoms with Gasteiger partial charge in [0, 0.05) is 36.2 Å². The third kappa shape index (κ3) is 6.11. The normalized spacial score (nSPS) is 11.7. The smallest absolute Gasteiger partial charge is 0.242 e. The number of nitrogens with one attached hydrogen (secondary N) is 1. The minimum atomic E-state index is -3.91. The van der Waals surface area contributed by atoms with Gasteiger partial charge in [0.1, 0.15) is 16.4 Å². The van der Waals surface area contributed by atoms with Gasteiger partial charge in [-0.3, -0.25) is 0 Å². The van der Waals surface area contributed by atoms with E-state index < -0.39 is 10.0 Å². The Morgan fingerprint density at radius 3 is 2.47 bits per heavy atom. The monoisotopic (exact) mass is 565 g/mol. The number of ether oxygens (including phenoxy) is 2. The van der Waals surface area contributed by atoms with Crippen LogP contribution in [0.2, 0.25) is 5.02 Å². The molecule has 0 aliphatic heterocycles. The predicted molar refractivity (Wildman–Crippen MR) is 146 cm³/mol. The molecule has 0 aliphatic carbocycles. The molecule has 0 aliphatic rings. The maximum absolute atomic E-state index is 13.2. The molecule has 0 radical (unpaired) electrons. The highest BCUT2D eigenvalue weighted by Gasteiger charge is 2.20. The maximum Gasteiger partial charge on any atom is 0.242 e. The zero-order valence-electron chi connectivity index (χ0n) is 19.8. The molecule has 1 aromatic heterocycles. The fourth-order valence-electron chi connectivity index (χ4n) is 3.46. The van der Waals surface area contributed by atoms with Crippen molar-refractivity contribution in [3.05, 3.63) is 87.5 Å². The average Bonchev–Trinajstić information content (AvgIpc) is 3.23. The Labute approximate surface area is 225 Å². The van der Waals surface area contributed by atoms with Crippen molar-refractivity contribution in [2.24, 2.45) is 12.0 Å². The van der Waals surface area contributed by atoms with Crippen LogP contribution in [0.5, 0.6) is 11.5 Å². The molecule has 11 heteroatoms. The van der Waals surface area contributed by atoms with Crippen LogP contribution in [-0.4, -0.2) is 27.2 Å². The lowest BCUT2D eigenvalue weighted by molar-refractivity contribution is 0.390. The number of methoxy groups -OCH3 is 2. The lowest BCUT2D eigenvalue weighted by Gasteiger charge is -2.13. The number of halogens is 2. The summed E-state index contributed by atoms with van der Waals surface area (Å²) in [5.74, 6) is 1.14. The molecule has 0 atom stereocenters. The van der Waals surface area contributed by atoms with E-state index in [2.05, 4.69) is 9.71 Å². The number of hydrogen-bond donors (Lipinski definition) is 1. The Morgan fingerprint density at radius 2 is 1.78 bits per heavy atom. The molecule has 1 N–H and O–H groups in total. The summed E-state index contributed by atoms with van der Waals surface area (Å²) in [5.41, 5.74) is 3.05. The molecule has 0 saturated heterocycles. The molecule has 7 nitrogen and oxygen atoms in total. The van der Waals surface area contributed by atoms with E-state index in [9.17, 15) is 8.42 Å². The summed E-state index contributed by atoms with van der Waals surface area (Å²) in [6.45, 7) is 0.0301. The summed E-state index contributed by atoms with van der Waals surface area (Å²) < 4.78 is 41.5. The summed E-state index contributed by atoms with van der Waals surface area (Å²) in [5, 5.41) is 2.08. The van der Waals surface area contributed by atoms with Crippen molar-refractivity contribution < 1.29 is 17.9 Å². The van der Waals surface area contributed by atoms with Crippen molar-refractivity contribution in [2.45, 2.75) is 11.4 Å². The summed E-state index contributed by atoms with van der Waals surface area (Å²) in [6.07, 6.45) is 0. The summed E-state index contributed by atoms with van der Waals surface area (Å²) >= 11 is 7.79. The molecule has 0 unspecified atom stereocenters. The van der Waals surface area contributed by atoms with Crippen LogP contribution in [0.3, 0.4) is 0 Å². The zero-order valence-corrected chi connectivity index (χ0v) is 23.0. The second kappa shape index (κ2) is 11.9. The van der Waals surface area contributed by atoms with Gasteiger partial charge in [-0.1, -0.05) is 41.9 Å². The lowest BCUT2D eigenvalue weighted by Crippen LogP contribution is -2.24. The van der Waals surface area contributed by atoms with E-state index in [4.69, 9.17) is 21.1 Å².